The van der Waals surface area contributed by atoms with Crippen LogP contribution in [0.5, 0.6) is 0 Å². The van der Waals surface area contributed by atoms with E-state index in [4.69, 9.17) is 0 Å². The standard InChI is InChI=1S/C20H23N3O2S/c24-18(22-20-8-13-4-14(9-20)6-15(5-13)10-20)11-23-12-21-16(7-19(23)25)17-2-1-3-26-17/h1-3,7,12-15H,4-6,8-11H2,(H,22,24). The first-order chi connectivity index (χ1) is 12.6. The fraction of sp³-hybridized carbons (Fsp3) is 0.550. The molecular weight excluding hydrogens is 346 g/mol. The highest BCUT2D eigenvalue weighted by atomic mass is 32.1. The summed E-state index contributed by atoms with van der Waals surface area (Å²) < 4.78 is 1.41. The van der Waals surface area contributed by atoms with Crippen molar-refractivity contribution in [3.05, 3.63) is 40.3 Å². The Balaban J connectivity index is 1.30. The number of hydrogen-bond acceptors (Lipinski definition) is 4. The average Bonchev–Trinajstić information content (AvgIpc) is 3.09. The predicted molar refractivity (Wildman–Crippen MR) is 101 cm³/mol. The Bertz CT molecular complexity index is 851. The second-order valence-electron chi connectivity index (χ2n) is 8.46. The van der Waals surface area contributed by atoms with E-state index in [0.717, 1.165) is 41.9 Å². The maximum atomic E-state index is 12.7. The van der Waals surface area contributed by atoms with E-state index >= 15 is 0 Å². The van der Waals surface area contributed by atoms with Gasteiger partial charge < -0.3 is 5.32 Å². The van der Waals surface area contributed by atoms with Crippen LogP contribution < -0.4 is 10.9 Å². The fourth-order valence-corrected chi connectivity index (χ4v) is 6.55. The lowest BCUT2D eigenvalue weighted by Gasteiger charge is -2.56. The SMILES string of the molecule is O=C(Cn1cnc(-c2cccs2)cc1=O)NC12CC3CC(CC(C3)C1)C2. The lowest BCUT2D eigenvalue weighted by atomic mass is 9.53. The van der Waals surface area contributed by atoms with Crippen LogP contribution in [-0.2, 0) is 11.3 Å². The van der Waals surface area contributed by atoms with Gasteiger partial charge in [-0.1, -0.05) is 6.07 Å². The van der Waals surface area contributed by atoms with E-state index in [1.807, 2.05) is 17.5 Å². The largest absolute Gasteiger partial charge is 0.349 e. The Labute approximate surface area is 156 Å². The van der Waals surface area contributed by atoms with Crippen molar-refractivity contribution in [3.8, 4) is 10.6 Å². The van der Waals surface area contributed by atoms with E-state index in [0.29, 0.717) is 5.69 Å². The number of amides is 1. The van der Waals surface area contributed by atoms with Gasteiger partial charge in [0.1, 0.15) is 6.54 Å². The van der Waals surface area contributed by atoms with Gasteiger partial charge in [0.15, 0.2) is 0 Å². The topological polar surface area (TPSA) is 64.0 Å². The second-order valence-corrected chi connectivity index (χ2v) is 9.41. The third-order valence-corrected chi connectivity index (χ3v) is 7.30. The van der Waals surface area contributed by atoms with Crippen LogP contribution in [0.4, 0.5) is 0 Å². The van der Waals surface area contributed by atoms with Gasteiger partial charge in [-0.3, -0.25) is 14.2 Å². The molecule has 2 aromatic rings. The van der Waals surface area contributed by atoms with Crippen LogP contribution in [0, 0.1) is 17.8 Å². The molecule has 0 radical (unpaired) electrons. The molecule has 5 nitrogen and oxygen atoms in total. The Morgan fingerprint density at radius 1 is 1.23 bits per heavy atom. The lowest BCUT2D eigenvalue weighted by molar-refractivity contribution is -0.127. The van der Waals surface area contributed by atoms with Gasteiger partial charge in [-0.2, -0.15) is 0 Å². The smallest absolute Gasteiger partial charge is 0.254 e. The molecular formula is C20H23N3O2S. The van der Waals surface area contributed by atoms with Crippen LogP contribution in [0.1, 0.15) is 38.5 Å². The van der Waals surface area contributed by atoms with Crippen LogP contribution in [0.2, 0.25) is 0 Å². The average molecular weight is 369 g/mol. The zero-order valence-electron chi connectivity index (χ0n) is 14.7. The summed E-state index contributed by atoms with van der Waals surface area (Å²) in [5.74, 6) is 2.31. The van der Waals surface area contributed by atoms with Crippen molar-refractivity contribution in [3.63, 3.8) is 0 Å². The second kappa shape index (κ2) is 6.05. The van der Waals surface area contributed by atoms with E-state index < -0.39 is 0 Å². The number of carbonyl (C=O) groups is 1. The summed E-state index contributed by atoms with van der Waals surface area (Å²) in [5, 5.41) is 5.28. The normalized spacial score (nSPS) is 31.9. The van der Waals surface area contributed by atoms with Gasteiger partial charge in [-0.25, -0.2) is 4.98 Å². The molecule has 136 valence electrons. The molecule has 0 spiro atoms. The van der Waals surface area contributed by atoms with Crippen molar-refractivity contribution in [1.82, 2.24) is 14.9 Å². The zero-order valence-corrected chi connectivity index (χ0v) is 15.5. The van der Waals surface area contributed by atoms with Gasteiger partial charge >= 0.3 is 0 Å². The first-order valence-electron chi connectivity index (χ1n) is 9.50. The summed E-state index contributed by atoms with van der Waals surface area (Å²) in [6.07, 6.45) is 8.91. The Kier molecular flexibility index (Phi) is 3.78. The number of rotatable bonds is 4. The first kappa shape index (κ1) is 16.2. The molecule has 2 aromatic heterocycles. The molecule has 1 amide bonds. The van der Waals surface area contributed by atoms with Crippen LogP contribution in [0.15, 0.2) is 34.7 Å². The number of aromatic nitrogens is 2. The van der Waals surface area contributed by atoms with Gasteiger partial charge in [0.25, 0.3) is 5.56 Å². The molecule has 2 heterocycles. The zero-order chi connectivity index (χ0) is 17.7. The molecule has 6 heteroatoms. The lowest BCUT2D eigenvalue weighted by Crippen LogP contribution is -2.60. The van der Waals surface area contributed by atoms with E-state index in [9.17, 15) is 9.59 Å². The fourth-order valence-electron chi connectivity index (χ4n) is 5.86. The minimum absolute atomic E-state index is 0.0141. The van der Waals surface area contributed by atoms with Gasteiger partial charge in [-0.05, 0) is 67.7 Å². The summed E-state index contributed by atoms with van der Waals surface area (Å²) in [7, 11) is 0. The summed E-state index contributed by atoms with van der Waals surface area (Å²) in [6.45, 7) is 0.0539. The van der Waals surface area contributed by atoms with Crippen molar-refractivity contribution < 1.29 is 4.79 Å². The molecule has 0 atom stereocenters. The molecule has 26 heavy (non-hydrogen) atoms. The van der Waals surface area contributed by atoms with Crippen LogP contribution in [-0.4, -0.2) is 21.0 Å². The molecule has 0 unspecified atom stereocenters. The first-order valence-corrected chi connectivity index (χ1v) is 10.4. The number of hydrogen-bond donors (Lipinski definition) is 1. The van der Waals surface area contributed by atoms with Gasteiger partial charge in [-0.15, -0.1) is 11.3 Å². The van der Waals surface area contributed by atoms with Crippen molar-refractivity contribution >= 4 is 17.2 Å². The molecule has 0 aromatic carbocycles. The van der Waals surface area contributed by atoms with E-state index in [1.165, 1.54) is 36.2 Å². The maximum Gasteiger partial charge on any atom is 0.254 e. The van der Waals surface area contributed by atoms with Crippen molar-refractivity contribution in [2.24, 2.45) is 17.8 Å². The van der Waals surface area contributed by atoms with Crippen molar-refractivity contribution in [1.29, 1.82) is 0 Å². The number of nitrogens with one attached hydrogen (secondary N) is 1. The Morgan fingerprint density at radius 3 is 2.50 bits per heavy atom. The molecule has 0 saturated heterocycles. The van der Waals surface area contributed by atoms with E-state index in [-0.39, 0.29) is 23.6 Å². The van der Waals surface area contributed by atoms with Crippen LogP contribution >= 0.6 is 11.3 Å². The molecule has 4 aliphatic rings. The van der Waals surface area contributed by atoms with E-state index in [1.54, 1.807) is 11.3 Å². The highest BCUT2D eigenvalue weighted by Gasteiger charge is 2.51. The van der Waals surface area contributed by atoms with Gasteiger partial charge in [0.05, 0.1) is 16.9 Å². The molecule has 0 aliphatic heterocycles. The maximum absolute atomic E-state index is 12.7. The third-order valence-electron chi connectivity index (χ3n) is 6.41. The molecule has 4 bridgehead atoms. The molecule has 6 rings (SSSR count). The Hall–Kier alpha value is -1.95. The highest BCUT2D eigenvalue weighted by molar-refractivity contribution is 7.13. The number of nitrogens with zero attached hydrogens (tertiary/aromatic N) is 2. The summed E-state index contributed by atoms with van der Waals surface area (Å²) in [5.41, 5.74) is 0.478. The van der Waals surface area contributed by atoms with Crippen LogP contribution in [0.25, 0.3) is 10.6 Å². The van der Waals surface area contributed by atoms with Crippen molar-refractivity contribution in [2.75, 3.05) is 0 Å². The van der Waals surface area contributed by atoms with Crippen LogP contribution in [0.3, 0.4) is 0 Å². The summed E-state index contributed by atoms with van der Waals surface area (Å²) in [4.78, 5) is 30.4. The molecule has 1 N–H and O–H groups in total. The third kappa shape index (κ3) is 2.90. The van der Waals surface area contributed by atoms with Gasteiger partial charge in [0, 0.05) is 11.6 Å². The minimum atomic E-state index is -0.177. The molecule has 4 fully saturated rings. The monoisotopic (exact) mass is 369 g/mol. The molecule has 4 saturated carbocycles. The van der Waals surface area contributed by atoms with E-state index in [2.05, 4.69) is 10.3 Å². The minimum Gasteiger partial charge on any atom is -0.349 e. The number of carbonyl (C=O) groups excluding carboxylic acids is 1. The Morgan fingerprint density at radius 2 is 1.92 bits per heavy atom. The molecule has 4 aliphatic carbocycles. The predicted octanol–water partition coefficient (Wildman–Crippen LogP) is 3.06. The number of thiophene rings is 1. The highest BCUT2D eigenvalue weighted by Crippen LogP contribution is 2.55. The van der Waals surface area contributed by atoms with Gasteiger partial charge in [0.2, 0.25) is 5.91 Å². The quantitative estimate of drug-likeness (QED) is 0.901. The summed E-state index contributed by atoms with van der Waals surface area (Å²) in [6, 6.07) is 5.40. The van der Waals surface area contributed by atoms with Crippen molar-refractivity contribution in [2.45, 2.75) is 50.6 Å². The summed E-state index contributed by atoms with van der Waals surface area (Å²) >= 11 is 1.55.